The number of sulfonamides is 1. The summed E-state index contributed by atoms with van der Waals surface area (Å²) < 4.78 is 32.4. The van der Waals surface area contributed by atoms with Crippen molar-refractivity contribution in [2.75, 3.05) is 31.2 Å². The summed E-state index contributed by atoms with van der Waals surface area (Å²) in [6.45, 7) is 2.76. The van der Waals surface area contributed by atoms with Gasteiger partial charge in [0.05, 0.1) is 36.3 Å². The van der Waals surface area contributed by atoms with Crippen LogP contribution in [0.25, 0.3) is 0 Å². The monoisotopic (exact) mass is 359 g/mol. The molecule has 0 unspecified atom stereocenters. The Bertz CT molecular complexity index is 871. The minimum Gasteiger partial charge on any atom is -0.378 e. The Morgan fingerprint density at radius 3 is 2.60 bits per heavy atom. The fraction of sp³-hybridized carbons (Fsp3) is 0.312. The number of nitrogens with one attached hydrogen (secondary N) is 1. The molecule has 2 heterocycles. The average molecular weight is 359 g/mol. The Morgan fingerprint density at radius 2 is 1.92 bits per heavy atom. The molecular weight excluding hydrogens is 342 g/mol. The summed E-state index contributed by atoms with van der Waals surface area (Å²) in [6, 6.07) is 9.46. The van der Waals surface area contributed by atoms with Crippen LogP contribution in [0.2, 0.25) is 0 Å². The van der Waals surface area contributed by atoms with Crippen LogP contribution in [-0.2, 0) is 21.3 Å². The SMILES string of the molecule is N#Cc1ccc(S(=O)(=O)NCc2nccc(N3CCOCC3)n2)cc1. The van der Waals surface area contributed by atoms with Gasteiger partial charge in [0.25, 0.3) is 0 Å². The number of hydrogen-bond acceptors (Lipinski definition) is 7. The van der Waals surface area contributed by atoms with Gasteiger partial charge in [-0.1, -0.05) is 0 Å². The van der Waals surface area contributed by atoms with Crippen LogP contribution in [0.5, 0.6) is 0 Å². The molecule has 0 radical (unpaired) electrons. The van der Waals surface area contributed by atoms with E-state index in [-0.39, 0.29) is 11.4 Å². The number of benzene rings is 1. The van der Waals surface area contributed by atoms with Gasteiger partial charge in [-0.2, -0.15) is 5.26 Å². The predicted octanol–water partition coefficient (Wildman–Crippen LogP) is 0.663. The molecule has 0 bridgehead atoms. The lowest BCUT2D eigenvalue weighted by Crippen LogP contribution is -2.37. The third kappa shape index (κ3) is 4.30. The highest BCUT2D eigenvalue weighted by molar-refractivity contribution is 7.89. The van der Waals surface area contributed by atoms with E-state index in [9.17, 15) is 8.42 Å². The Morgan fingerprint density at radius 1 is 1.20 bits per heavy atom. The van der Waals surface area contributed by atoms with Crippen molar-refractivity contribution in [3.05, 3.63) is 47.9 Å². The summed E-state index contributed by atoms with van der Waals surface area (Å²) in [5.74, 6) is 1.15. The molecule has 1 aliphatic heterocycles. The molecule has 0 atom stereocenters. The van der Waals surface area contributed by atoms with Gasteiger partial charge >= 0.3 is 0 Å². The quantitative estimate of drug-likeness (QED) is 0.835. The molecule has 3 rings (SSSR count). The van der Waals surface area contributed by atoms with Gasteiger partial charge in [-0.15, -0.1) is 0 Å². The fourth-order valence-electron chi connectivity index (χ4n) is 2.39. The van der Waals surface area contributed by atoms with Crippen molar-refractivity contribution in [1.82, 2.24) is 14.7 Å². The van der Waals surface area contributed by atoms with Gasteiger partial charge in [0, 0.05) is 19.3 Å². The Hall–Kier alpha value is -2.54. The maximum Gasteiger partial charge on any atom is 0.240 e. The highest BCUT2D eigenvalue weighted by atomic mass is 32.2. The second-order valence-electron chi connectivity index (χ2n) is 5.39. The zero-order valence-electron chi connectivity index (χ0n) is 13.4. The van der Waals surface area contributed by atoms with E-state index in [1.165, 1.54) is 24.3 Å². The van der Waals surface area contributed by atoms with Crippen LogP contribution in [0.4, 0.5) is 5.82 Å². The standard InChI is InChI=1S/C16H17N5O3S/c17-11-13-1-3-14(4-2-13)25(22,23)19-12-15-18-6-5-16(20-15)21-7-9-24-10-8-21/h1-6,19H,7-10,12H2. The van der Waals surface area contributed by atoms with E-state index in [1.807, 2.05) is 6.07 Å². The van der Waals surface area contributed by atoms with E-state index < -0.39 is 10.0 Å². The van der Waals surface area contributed by atoms with Crippen molar-refractivity contribution in [3.63, 3.8) is 0 Å². The van der Waals surface area contributed by atoms with Crippen LogP contribution in [0.3, 0.4) is 0 Å². The third-order valence-electron chi connectivity index (χ3n) is 3.74. The lowest BCUT2D eigenvalue weighted by molar-refractivity contribution is 0.122. The topological polar surface area (TPSA) is 108 Å². The maximum absolute atomic E-state index is 12.3. The molecule has 1 aromatic carbocycles. The minimum absolute atomic E-state index is 0.0134. The van der Waals surface area contributed by atoms with Crippen LogP contribution in [0, 0.1) is 11.3 Å². The van der Waals surface area contributed by atoms with Gasteiger partial charge in [-0.25, -0.2) is 23.1 Å². The second-order valence-corrected chi connectivity index (χ2v) is 7.16. The lowest BCUT2D eigenvalue weighted by atomic mass is 10.2. The molecule has 1 N–H and O–H groups in total. The number of ether oxygens (including phenoxy) is 1. The fourth-order valence-corrected chi connectivity index (χ4v) is 3.37. The number of rotatable bonds is 5. The number of anilines is 1. The maximum atomic E-state index is 12.3. The normalized spacial score (nSPS) is 14.9. The number of morpholine rings is 1. The molecular formula is C16H17N5O3S. The lowest BCUT2D eigenvalue weighted by Gasteiger charge is -2.27. The molecule has 8 nitrogen and oxygen atoms in total. The van der Waals surface area contributed by atoms with Crippen LogP contribution in [-0.4, -0.2) is 44.7 Å². The number of aromatic nitrogens is 2. The van der Waals surface area contributed by atoms with E-state index in [1.54, 1.807) is 12.3 Å². The highest BCUT2D eigenvalue weighted by Gasteiger charge is 2.16. The predicted molar refractivity (Wildman–Crippen MR) is 90.2 cm³/mol. The van der Waals surface area contributed by atoms with Crippen LogP contribution < -0.4 is 9.62 Å². The van der Waals surface area contributed by atoms with E-state index in [2.05, 4.69) is 19.6 Å². The molecule has 1 saturated heterocycles. The molecule has 9 heteroatoms. The number of nitriles is 1. The van der Waals surface area contributed by atoms with E-state index in [0.717, 1.165) is 18.9 Å². The molecule has 2 aromatic rings. The summed E-state index contributed by atoms with van der Waals surface area (Å²) in [5.41, 5.74) is 0.403. The number of hydrogen-bond donors (Lipinski definition) is 1. The molecule has 1 aromatic heterocycles. The third-order valence-corrected chi connectivity index (χ3v) is 5.16. The van der Waals surface area contributed by atoms with Gasteiger partial charge in [0.2, 0.25) is 10.0 Å². The second kappa shape index (κ2) is 7.57. The van der Waals surface area contributed by atoms with Gasteiger partial charge in [-0.05, 0) is 30.3 Å². The molecule has 1 aliphatic rings. The summed E-state index contributed by atoms with van der Waals surface area (Å²) in [6.07, 6.45) is 1.61. The Balaban J connectivity index is 1.69. The average Bonchev–Trinajstić information content (AvgIpc) is 2.67. The summed E-state index contributed by atoms with van der Waals surface area (Å²) in [5, 5.41) is 8.77. The zero-order chi connectivity index (χ0) is 17.7. The minimum atomic E-state index is -3.69. The zero-order valence-corrected chi connectivity index (χ0v) is 14.2. The summed E-state index contributed by atoms with van der Waals surface area (Å²) in [4.78, 5) is 10.7. The largest absolute Gasteiger partial charge is 0.378 e. The van der Waals surface area contributed by atoms with E-state index in [4.69, 9.17) is 10.00 Å². The van der Waals surface area contributed by atoms with Gasteiger partial charge in [0.15, 0.2) is 0 Å². The van der Waals surface area contributed by atoms with Gasteiger partial charge in [0.1, 0.15) is 11.6 Å². The Labute approximate surface area is 146 Å². The van der Waals surface area contributed by atoms with Crippen molar-refractivity contribution in [3.8, 4) is 6.07 Å². The highest BCUT2D eigenvalue weighted by Crippen LogP contribution is 2.13. The molecule has 0 aliphatic carbocycles. The molecule has 0 amide bonds. The van der Waals surface area contributed by atoms with Gasteiger partial charge < -0.3 is 9.64 Å². The molecule has 0 spiro atoms. The summed E-state index contributed by atoms with van der Waals surface area (Å²) >= 11 is 0. The molecule has 130 valence electrons. The van der Waals surface area contributed by atoms with E-state index >= 15 is 0 Å². The molecule has 0 saturated carbocycles. The van der Waals surface area contributed by atoms with Crippen LogP contribution in [0.1, 0.15) is 11.4 Å². The first-order chi connectivity index (χ1) is 12.1. The van der Waals surface area contributed by atoms with Crippen molar-refractivity contribution in [1.29, 1.82) is 5.26 Å². The van der Waals surface area contributed by atoms with Crippen LogP contribution >= 0.6 is 0 Å². The van der Waals surface area contributed by atoms with Gasteiger partial charge in [-0.3, -0.25) is 0 Å². The first kappa shape index (κ1) is 17.3. The Kier molecular flexibility index (Phi) is 5.23. The van der Waals surface area contributed by atoms with Crippen LogP contribution in [0.15, 0.2) is 41.4 Å². The van der Waals surface area contributed by atoms with E-state index in [0.29, 0.717) is 24.6 Å². The van der Waals surface area contributed by atoms with Crippen molar-refractivity contribution in [2.45, 2.75) is 11.4 Å². The molecule has 1 fully saturated rings. The number of nitrogens with zero attached hydrogens (tertiary/aromatic N) is 4. The van der Waals surface area contributed by atoms with Crippen molar-refractivity contribution >= 4 is 15.8 Å². The first-order valence-electron chi connectivity index (χ1n) is 7.73. The van der Waals surface area contributed by atoms with Crippen molar-refractivity contribution in [2.24, 2.45) is 0 Å². The van der Waals surface area contributed by atoms with Crippen molar-refractivity contribution < 1.29 is 13.2 Å². The molecule has 25 heavy (non-hydrogen) atoms. The summed E-state index contributed by atoms with van der Waals surface area (Å²) in [7, 11) is -3.69. The first-order valence-corrected chi connectivity index (χ1v) is 9.21. The smallest absolute Gasteiger partial charge is 0.240 e.